The van der Waals surface area contributed by atoms with E-state index >= 15 is 0 Å². The molecule has 15 nitrogen and oxygen atoms in total. The second-order valence-corrected chi connectivity index (χ2v) is 30.2. The maximum Gasteiger partial charge on any atom is 0.198 e. The van der Waals surface area contributed by atoms with E-state index in [0.29, 0.717) is 16.8 Å². The Kier molecular flexibility index (Phi) is 14.7. The van der Waals surface area contributed by atoms with E-state index in [1.165, 1.54) is 97.0 Å². The molecule has 0 unspecified atom stereocenters. The normalized spacial score (nSPS) is 12.0. The standard InChI is InChI=1S/C28H16N2.C27H15N3.C26H14N4.C24H12N6/c1-2-8-18-16-24-23(15-17(18)7-1)25-21-11-5-3-9-19(21)20-10-4-6-12-22(20)26(25)28-27(24)29-13-14-30-28;1-6-12-22-16(7-1)15-21-23-19-10-4-2-8-17(19)18-9-3-5-11-20(18)24(23)26-27(25(21)30-22)29-14-13-28-26;1-3-9-17-15(7-1)16-8-2-4-10-18(16)22-21(17)23-25(28-14-13-27-23)26-24(22)29-19-11-5-6-12-20(19)30-26;1-3-7-15-13(5-1)14-6-2-4-8-16(14)18-17(15)19-21(26-10-9-25-19)22-20(18)29-23-24(30-22)28-12-11-27-23/h1-16H;1-15H;1-14H;1-12H. The first-order chi connectivity index (χ1) is 59.6. The molecule has 28 aromatic rings. The van der Waals surface area contributed by atoms with E-state index in [1.807, 2.05) is 30.3 Å². The van der Waals surface area contributed by atoms with Crippen LogP contribution >= 0.6 is 0 Å². The van der Waals surface area contributed by atoms with E-state index < -0.39 is 0 Å². The highest BCUT2D eigenvalue weighted by atomic mass is 15.0. The molecule has 28 rings (SSSR count). The molecule has 0 saturated carbocycles. The lowest BCUT2D eigenvalue weighted by molar-refractivity contribution is 1.20. The average Bonchev–Trinajstić information content (AvgIpc) is 0.722. The minimum Gasteiger partial charge on any atom is -0.252 e. The summed E-state index contributed by atoms with van der Waals surface area (Å²) >= 11 is 0. The van der Waals surface area contributed by atoms with Crippen LogP contribution in [0.5, 0.6) is 0 Å². The molecule has 20 aromatic carbocycles. The molecule has 0 amide bonds. The molecule has 0 N–H and O–H groups in total. The molecular formula is C105H57N15. The lowest BCUT2D eigenvalue weighted by Crippen LogP contribution is -1.97. The Hall–Kier alpha value is -16.7. The van der Waals surface area contributed by atoms with E-state index in [1.54, 1.807) is 62.0 Å². The van der Waals surface area contributed by atoms with E-state index in [4.69, 9.17) is 54.8 Å². The predicted octanol–water partition coefficient (Wildman–Crippen LogP) is 25.3. The number of hydrogen-bond acceptors (Lipinski definition) is 15. The zero-order chi connectivity index (χ0) is 78.6. The van der Waals surface area contributed by atoms with Crippen LogP contribution in [0.1, 0.15) is 0 Å². The van der Waals surface area contributed by atoms with Gasteiger partial charge in [-0.15, -0.1) is 0 Å². The number of hydrogen-bond donors (Lipinski definition) is 0. The number of nitrogens with zero attached hydrogens (tertiary/aromatic N) is 15. The van der Waals surface area contributed by atoms with E-state index in [2.05, 4.69) is 275 Å². The van der Waals surface area contributed by atoms with Crippen LogP contribution in [0.4, 0.5) is 0 Å². The zero-order valence-electron chi connectivity index (χ0n) is 63.6. The van der Waals surface area contributed by atoms with Gasteiger partial charge in [-0.2, -0.15) is 0 Å². The van der Waals surface area contributed by atoms with Crippen molar-refractivity contribution >= 4 is 261 Å². The summed E-state index contributed by atoms with van der Waals surface area (Å²) in [5.74, 6) is 0. The summed E-state index contributed by atoms with van der Waals surface area (Å²) in [5.41, 5.74) is 14.7. The Morgan fingerprint density at radius 2 is 0.358 bits per heavy atom. The van der Waals surface area contributed by atoms with Crippen molar-refractivity contribution in [2.45, 2.75) is 0 Å². The van der Waals surface area contributed by atoms with Gasteiger partial charge in [0.2, 0.25) is 0 Å². The molecule has 0 bridgehead atoms. The second-order valence-electron chi connectivity index (χ2n) is 30.2. The summed E-state index contributed by atoms with van der Waals surface area (Å²) in [6, 6.07) is 100. The van der Waals surface area contributed by atoms with E-state index in [9.17, 15) is 0 Å². The van der Waals surface area contributed by atoms with Gasteiger partial charge in [-0.3, -0.25) is 39.9 Å². The molecule has 0 aliphatic heterocycles. The minimum atomic E-state index is 0.501. The Labute approximate surface area is 678 Å². The highest BCUT2D eigenvalue weighted by Crippen LogP contribution is 2.48. The van der Waals surface area contributed by atoms with Gasteiger partial charge in [0.05, 0.1) is 49.7 Å². The highest BCUT2D eigenvalue weighted by Gasteiger charge is 2.25. The van der Waals surface area contributed by atoms with Gasteiger partial charge in [0.25, 0.3) is 0 Å². The lowest BCUT2D eigenvalue weighted by atomic mass is 9.89. The predicted molar refractivity (Wildman–Crippen MR) is 493 cm³/mol. The molecule has 15 heteroatoms. The van der Waals surface area contributed by atoms with Crippen LogP contribution in [0.15, 0.2) is 347 Å². The first kappa shape index (κ1) is 66.8. The van der Waals surface area contributed by atoms with Crippen molar-refractivity contribution in [3.8, 4) is 0 Å². The molecule has 0 aliphatic carbocycles. The minimum absolute atomic E-state index is 0.501. The molecular weight excluding hydrogens is 1470 g/mol. The van der Waals surface area contributed by atoms with Crippen LogP contribution < -0.4 is 0 Å². The van der Waals surface area contributed by atoms with Crippen LogP contribution in [-0.4, -0.2) is 74.8 Å². The van der Waals surface area contributed by atoms with Gasteiger partial charge in [-0.05, 0) is 139 Å². The smallest absolute Gasteiger partial charge is 0.198 e. The van der Waals surface area contributed by atoms with Gasteiger partial charge in [-0.25, -0.2) is 34.9 Å². The Balaban J connectivity index is 0.0000000886. The van der Waals surface area contributed by atoms with Crippen LogP contribution in [0.2, 0.25) is 0 Å². The third-order valence-corrected chi connectivity index (χ3v) is 23.9. The largest absolute Gasteiger partial charge is 0.252 e. The third kappa shape index (κ3) is 10.0. The van der Waals surface area contributed by atoms with Crippen molar-refractivity contribution in [2.75, 3.05) is 0 Å². The highest BCUT2D eigenvalue weighted by molar-refractivity contribution is 6.43. The summed E-state index contributed by atoms with van der Waals surface area (Å²) in [6.07, 6.45) is 17.3. The molecule has 8 heterocycles. The third-order valence-electron chi connectivity index (χ3n) is 23.9. The molecule has 552 valence electrons. The fourth-order valence-electron chi connectivity index (χ4n) is 19.0. The fourth-order valence-corrected chi connectivity index (χ4v) is 19.0. The molecule has 8 aromatic heterocycles. The molecule has 0 aliphatic rings. The number of aromatic nitrogens is 15. The van der Waals surface area contributed by atoms with E-state index in [0.717, 1.165) is 147 Å². The molecule has 0 fully saturated rings. The van der Waals surface area contributed by atoms with Crippen molar-refractivity contribution in [3.63, 3.8) is 0 Å². The summed E-state index contributed by atoms with van der Waals surface area (Å²) in [6.45, 7) is 0. The summed E-state index contributed by atoms with van der Waals surface area (Å²) in [7, 11) is 0. The molecule has 120 heavy (non-hydrogen) atoms. The van der Waals surface area contributed by atoms with Gasteiger partial charge in [0, 0.05) is 121 Å². The van der Waals surface area contributed by atoms with Crippen molar-refractivity contribution < 1.29 is 0 Å². The summed E-state index contributed by atoms with van der Waals surface area (Å²) in [4.78, 5) is 71.5. The maximum atomic E-state index is 5.08. The van der Waals surface area contributed by atoms with Gasteiger partial charge < -0.3 is 0 Å². The number of pyridine rings is 1. The van der Waals surface area contributed by atoms with Crippen molar-refractivity contribution in [1.82, 2.24) is 74.8 Å². The van der Waals surface area contributed by atoms with Gasteiger partial charge in [0.1, 0.15) is 38.6 Å². The number of rotatable bonds is 0. The fraction of sp³-hybridized carbons (Fsp3) is 0. The number of fused-ring (bicyclic) bond motifs is 48. The van der Waals surface area contributed by atoms with Crippen LogP contribution in [0, 0.1) is 0 Å². The zero-order valence-corrected chi connectivity index (χ0v) is 63.6. The average molecular weight is 1530 g/mol. The van der Waals surface area contributed by atoms with Gasteiger partial charge in [0.15, 0.2) is 11.3 Å². The van der Waals surface area contributed by atoms with E-state index in [-0.39, 0.29) is 0 Å². The summed E-state index contributed by atoms with van der Waals surface area (Å²) in [5, 5.41) is 35.4. The topological polar surface area (TPSA) is 193 Å². The first-order valence-corrected chi connectivity index (χ1v) is 39.8. The van der Waals surface area contributed by atoms with Gasteiger partial charge in [-0.1, -0.05) is 249 Å². The number of benzene rings is 20. The van der Waals surface area contributed by atoms with Gasteiger partial charge >= 0.3 is 0 Å². The monoisotopic (exact) mass is 1530 g/mol. The summed E-state index contributed by atoms with van der Waals surface area (Å²) < 4.78 is 0. The second kappa shape index (κ2) is 26.5. The lowest BCUT2D eigenvalue weighted by Gasteiger charge is -2.15. The van der Waals surface area contributed by atoms with Crippen molar-refractivity contribution in [2.24, 2.45) is 0 Å². The van der Waals surface area contributed by atoms with Crippen molar-refractivity contribution in [3.05, 3.63) is 347 Å². The first-order valence-electron chi connectivity index (χ1n) is 39.8. The SMILES string of the molecule is c1ccc2c(c1)c1ccccc1c1c3nc4nccnc4nc3c3nccnc3c21.c1ccc2cc3c(cc2c1)c1nccnc1c1c2ccccc2c2ccccc2c31.c1ccc2nc3c(cc2c1)c1c2ccccc2c2ccccc2c1c1nccnc31.c1ccc2nc3c(nc2c1)c1nccnc1c1c2ccccc2c2ccccc2c31. The molecule has 0 radical (unpaired) electrons. The van der Waals surface area contributed by atoms with Crippen LogP contribution in [0.3, 0.4) is 0 Å². The van der Waals surface area contributed by atoms with Crippen molar-refractivity contribution in [1.29, 1.82) is 0 Å². The Morgan fingerprint density at radius 1 is 0.125 bits per heavy atom. The quantitative estimate of drug-likeness (QED) is 0.103. The Bertz CT molecular complexity index is 8250. The molecule has 0 spiro atoms. The van der Waals surface area contributed by atoms with Crippen LogP contribution in [-0.2, 0) is 0 Å². The molecule has 0 saturated heterocycles. The maximum absolute atomic E-state index is 5.08. The Morgan fingerprint density at radius 3 is 0.767 bits per heavy atom. The number of para-hydroxylation sites is 3. The van der Waals surface area contributed by atoms with Crippen LogP contribution in [0.25, 0.3) is 261 Å². The molecule has 0 atom stereocenters.